The van der Waals surface area contributed by atoms with Crippen molar-refractivity contribution < 1.29 is 9.05 Å². The van der Waals surface area contributed by atoms with Crippen molar-refractivity contribution in [2.75, 3.05) is 12.3 Å². The molecule has 0 aliphatic heterocycles. The van der Waals surface area contributed by atoms with E-state index in [1.54, 1.807) is 0 Å². The molecule has 2 rings (SSSR count). The van der Waals surface area contributed by atoms with Gasteiger partial charge in [-0.2, -0.15) is 0 Å². The van der Waals surface area contributed by atoms with E-state index in [1.807, 2.05) is 0 Å². The van der Waals surface area contributed by atoms with Gasteiger partial charge in [0.25, 0.3) is 0 Å². The number of rotatable bonds is 9. The second-order valence-electron chi connectivity index (χ2n) is 6.31. The Morgan fingerprint density at radius 2 is 1.23 bits per heavy atom. The van der Waals surface area contributed by atoms with E-state index in [0.29, 0.717) is 17.6 Å². The third-order valence-electron chi connectivity index (χ3n) is 3.86. The quantitative estimate of drug-likeness (QED) is 0.406. The Labute approximate surface area is 138 Å². The Morgan fingerprint density at radius 1 is 0.773 bits per heavy atom. The van der Waals surface area contributed by atoms with Crippen LogP contribution in [0.1, 0.15) is 39.5 Å². The van der Waals surface area contributed by atoms with Crippen LogP contribution in [0.5, 0.6) is 0 Å². The molecular formula is C18H28O2P2. The number of allylic oxidation sites excluding steroid dienone is 4. The fourth-order valence-corrected chi connectivity index (χ4v) is 4.35. The summed E-state index contributed by atoms with van der Waals surface area (Å²) in [6.07, 6.45) is 23.8. The van der Waals surface area contributed by atoms with E-state index in [4.69, 9.17) is 9.05 Å². The highest BCUT2D eigenvalue weighted by Gasteiger charge is 2.22. The van der Waals surface area contributed by atoms with Gasteiger partial charge < -0.3 is 9.05 Å². The maximum atomic E-state index is 6.03. The average molecular weight is 338 g/mol. The molecule has 2 aliphatic rings. The molecule has 0 fully saturated rings. The fourth-order valence-electron chi connectivity index (χ4n) is 2.39. The normalized spacial score (nSPS) is 31.2. The van der Waals surface area contributed by atoms with Gasteiger partial charge in [0.1, 0.15) is 0 Å². The summed E-state index contributed by atoms with van der Waals surface area (Å²) in [4.78, 5) is 0. The second-order valence-corrected chi connectivity index (χ2v) is 8.29. The van der Waals surface area contributed by atoms with Gasteiger partial charge in [0.05, 0.1) is 11.2 Å². The van der Waals surface area contributed by atoms with E-state index in [1.165, 1.54) is 12.8 Å². The van der Waals surface area contributed by atoms with Crippen LogP contribution in [0.4, 0.5) is 0 Å². The molecule has 0 N–H and O–H groups in total. The lowest BCUT2D eigenvalue weighted by atomic mass is 9.98. The lowest BCUT2D eigenvalue weighted by Crippen LogP contribution is -2.23. The highest BCUT2D eigenvalue weighted by molar-refractivity contribution is 7.32. The number of hydrogen-bond acceptors (Lipinski definition) is 2. The number of hydrogen-bond donors (Lipinski definition) is 0. The minimum Gasteiger partial charge on any atom is -0.352 e. The predicted octanol–water partition coefficient (Wildman–Crippen LogP) is 5.54. The lowest BCUT2D eigenvalue weighted by Gasteiger charge is -2.27. The van der Waals surface area contributed by atoms with Crippen LogP contribution in [-0.4, -0.2) is 23.5 Å². The van der Waals surface area contributed by atoms with Gasteiger partial charge in [0, 0.05) is 17.6 Å². The SMILES string of the molecule is CC1(OPCCCCPOC2(C)C=CC=CC2)C=CC=CC1. The summed E-state index contributed by atoms with van der Waals surface area (Å²) >= 11 is 0. The molecule has 0 amide bonds. The van der Waals surface area contributed by atoms with Crippen LogP contribution in [0, 0.1) is 0 Å². The van der Waals surface area contributed by atoms with Crippen molar-refractivity contribution in [3.05, 3.63) is 48.6 Å². The zero-order chi connectivity index (χ0) is 15.7. The van der Waals surface area contributed by atoms with Gasteiger partial charge in [-0.1, -0.05) is 48.6 Å². The summed E-state index contributed by atoms with van der Waals surface area (Å²) in [6.45, 7) is 4.34. The molecule has 0 saturated heterocycles. The maximum Gasteiger partial charge on any atom is 0.0910 e. The highest BCUT2D eigenvalue weighted by atomic mass is 31.1. The zero-order valence-corrected chi connectivity index (χ0v) is 15.7. The monoisotopic (exact) mass is 338 g/mol. The van der Waals surface area contributed by atoms with E-state index in [-0.39, 0.29) is 11.2 Å². The minimum atomic E-state index is -0.0759. The molecule has 0 heterocycles. The van der Waals surface area contributed by atoms with Crippen molar-refractivity contribution in [3.63, 3.8) is 0 Å². The molecule has 0 aromatic heterocycles. The largest absolute Gasteiger partial charge is 0.352 e. The van der Waals surface area contributed by atoms with Crippen molar-refractivity contribution in [2.24, 2.45) is 0 Å². The molecule has 0 bridgehead atoms. The molecule has 0 spiro atoms. The molecule has 2 aliphatic carbocycles. The second kappa shape index (κ2) is 9.14. The molecular weight excluding hydrogens is 310 g/mol. The van der Waals surface area contributed by atoms with Crippen LogP contribution in [-0.2, 0) is 9.05 Å². The Balaban J connectivity index is 1.46. The molecule has 2 nitrogen and oxygen atoms in total. The summed E-state index contributed by atoms with van der Waals surface area (Å²) in [5.74, 6) is 0. The summed E-state index contributed by atoms with van der Waals surface area (Å²) in [6, 6.07) is 0. The van der Waals surface area contributed by atoms with Gasteiger partial charge in [-0.05, 0) is 51.9 Å². The van der Waals surface area contributed by atoms with Gasteiger partial charge in [0.15, 0.2) is 0 Å². The van der Waals surface area contributed by atoms with Crippen molar-refractivity contribution in [1.82, 2.24) is 0 Å². The first kappa shape index (κ1) is 18.1. The van der Waals surface area contributed by atoms with E-state index in [2.05, 4.69) is 62.5 Å². The van der Waals surface area contributed by atoms with Gasteiger partial charge in [-0.3, -0.25) is 0 Å². The third-order valence-corrected chi connectivity index (χ3v) is 6.19. The average Bonchev–Trinajstić information content (AvgIpc) is 2.51. The van der Waals surface area contributed by atoms with Crippen molar-refractivity contribution in [1.29, 1.82) is 0 Å². The van der Waals surface area contributed by atoms with Crippen LogP contribution < -0.4 is 0 Å². The summed E-state index contributed by atoms with van der Waals surface area (Å²) in [7, 11) is 1.20. The molecule has 4 heteroatoms. The molecule has 4 unspecified atom stereocenters. The smallest absolute Gasteiger partial charge is 0.0910 e. The van der Waals surface area contributed by atoms with Gasteiger partial charge in [-0.15, -0.1) is 0 Å². The maximum absolute atomic E-state index is 6.03. The van der Waals surface area contributed by atoms with Crippen LogP contribution in [0.15, 0.2) is 48.6 Å². The first-order valence-corrected chi connectivity index (χ1v) is 10.4. The van der Waals surface area contributed by atoms with Crippen LogP contribution in [0.3, 0.4) is 0 Å². The Bertz CT molecular complexity index is 414. The van der Waals surface area contributed by atoms with Crippen molar-refractivity contribution in [3.8, 4) is 0 Å². The van der Waals surface area contributed by atoms with Crippen molar-refractivity contribution >= 4 is 17.6 Å². The minimum absolute atomic E-state index is 0.0759. The van der Waals surface area contributed by atoms with Crippen LogP contribution in [0.25, 0.3) is 0 Å². The van der Waals surface area contributed by atoms with Gasteiger partial charge in [0.2, 0.25) is 0 Å². The predicted molar refractivity (Wildman–Crippen MR) is 100 cm³/mol. The van der Waals surface area contributed by atoms with Gasteiger partial charge in [-0.25, -0.2) is 0 Å². The molecule has 0 radical (unpaired) electrons. The van der Waals surface area contributed by atoms with E-state index in [0.717, 1.165) is 25.2 Å². The summed E-state index contributed by atoms with van der Waals surface area (Å²) in [5, 5.41) is 0. The van der Waals surface area contributed by atoms with E-state index < -0.39 is 0 Å². The highest BCUT2D eigenvalue weighted by Crippen LogP contribution is 2.32. The topological polar surface area (TPSA) is 18.5 Å². The molecule has 0 aromatic rings. The molecule has 22 heavy (non-hydrogen) atoms. The first-order valence-electron chi connectivity index (χ1n) is 8.12. The molecule has 0 aromatic carbocycles. The van der Waals surface area contributed by atoms with E-state index in [9.17, 15) is 0 Å². The first-order chi connectivity index (χ1) is 10.6. The molecule has 122 valence electrons. The van der Waals surface area contributed by atoms with Crippen LogP contribution >= 0.6 is 17.6 Å². The standard InChI is InChI=1S/C18H28O2P2/c1-17(11-5-3-6-12-17)19-21-15-9-10-16-22-20-18(2)13-7-4-8-14-18/h3-8,11,13,21-22H,9-10,12,14-16H2,1-2H3. The van der Waals surface area contributed by atoms with E-state index >= 15 is 0 Å². The summed E-state index contributed by atoms with van der Waals surface area (Å²) in [5.41, 5.74) is -0.152. The zero-order valence-electron chi connectivity index (χ0n) is 13.7. The lowest BCUT2D eigenvalue weighted by molar-refractivity contribution is 0.168. The Kier molecular flexibility index (Phi) is 7.51. The summed E-state index contributed by atoms with van der Waals surface area (Å²) < 4.78 is 12.1. The van der Waals surface area contributed by atoms with Gasteiger partial charge >= 0.3 is 0 Å². The Morgan fingerprint density at radius 3 is 1.59 bits per heavy atom. The molecule has 0 saturated carbocycles. The number of unbranched alkanes of at least 4 members (excludes halogenated alkanes) is 1. The fraction of sp³-hybridized carbons (Fsp3) is 0.556. The molecule has 4 atom stereocenters. The Hall–Kier alpha value is -0.260. The van der Waals surface area contributed by atoms with Crippen LogP contribution in [0.2, 0.25) is 0 Å². The third kappa shape index (κ3) is 6.47. The van der Waals surface area contributed by atoms with Crippen molar-refractivity contribution in [2.45, 2.75) is 50.7 Å².